The first-order valence-electron chi connectivity index (χ1n) is 31.0. The van der Waals surface area contributed by atoms with Crippen molar-refractivity contribution in [1.29, 1.82) is 0 Å². The van der Waals surface area contributed by atoms with Crippen LogP contribution in [0.2, 0.25) is 0 Å². The summed E-state index contributed by atoms with van der Waals surface area (Å²) in [5.41, 5.74) is 10.2. The Balaban J connectivity index is 0.845. The van der Waals surface area contributed by atoms with Crippen molar-refractivity contribution in [3.05, 3.63) is 291 Å². The molecule has 0 spiro atoms. The molecule has 0 aliphatic rings. The minimum atomic E-state index is -5.35. The summed E-state index contributed by atoms with van der Waals surface area (Å²) < 4.78 is 58.9. The summed E-state index contributed by atoms with van der Waals surface area (Å²) >= 11 is 0. The number of nitrogens with zero attached hydrogens (tertiary/aromatic N) is 13. The maximum absolute atomic E-state index is 16.6. The van der Waals surface area contributed by atoms with Crippen molar-refractivity contribution in [3.63, 3.8) is 0 Å². The second-order valence-corrected chi connectivity index (χ2v) is 25.2. The van der Waals surface area contributed by atoms with Crippen LogP contribution in [-0.2, 0) is 35.1 Å². The first-order valence-corrected chi connectivity index (χ1v) is 33.7. The van der Waals surface area contributed by atoms with Gasteiger partial charge in [-0.1, -0.05) is 146 Å². The van der Waals surface area contributed by atoms with Gasteiger partial charge in [0.25, 0.3) is 0 Å². The van der Waals surface area contributed by atoms with Crippen LogP contribution in [0.1, 0.15) is 17.1 Å². The molecule has 476 valence electrons. The molecule has 15 rings (SSSR count). The highest BCUT2D eigenvalue weighted by molar-refractivity contribution is 7.85. The van der Waals surface area contributed by atoms with Gasteiger partial charge in [-0.15, -0.1) is 0 Å². The number of anilines is 4. The Kier molecular flexibility index (Phi) is 17.3. The maximum atomic E-state index is 16.6. The number of pyridine rings is 6. The monoisotopic (exact) mass is 1320 g/mol. The van der Waals surface area contributed by atoms with E-state index >= 15 is 4.57 Å². The fraction of sp³-hybridized carbons (Fsp3) is 0.0400. The lowest BCUT2D eigenvalue weighted by atomic mass is 10.0. The van der Waals surface area contributed by atoms with Gasteiger partial charge in [0.2, 0.25) is 10.9 Å². The third-order valence-corrected chi connectivity index (χ3v) is 19.1. The number of aromatic nitrogens is 12. The van der Waals surface area contributed by atoms with E-state index in [1.54, 1.807) is 18.6 Å². The molecule has 0 radical (unpaired) electrons. The van der Waals surface area contributed by atoms with Gasteiger partial charge in [-0.05, 0) is 106 Å². The SMILES string of the molecule is O=[SH](=O)N(c1cncc(-c2nc(NCc3ccccn3)c3c(-c4ccccc4)cccc3n2)c1)P(=O)(Oc1cncc(-c2nc(NCc3ccccn3)c3c(-c4ccccc4)cccc3n2)c1)Oc1cncc(-c2nc(NCc3ccccn3)c3c(-c4ccccc4)cccc3n2)c1. The number of fused-ring (bicyclic) bond motifs is 3. The van der Waals surface area contributed by atoms with Crippen LogP contribution in [0.5, 0.6) is 11.5 Å². The van der Waals surface area contributed by atoms with E-state index < -0.39 is 18.6 Å². The molecule has 0 saturated heterocycles. The van der Waals surface area contributed by atoms with Crippen LogP contribution in [0.15, 0.2) is 274 Å². The molecular weight excluding hydrogens is 1270 g/mol. The Morgan fingerprint density at radius 1 is 0.357 bits per heavy atom. The smallest absolute Gasteiger partial charge is 0.398 e. The van der Waals surface area contributed by atoms with E-state index in [0.717, 1.165) is 66.6 Å². The van der Waals surface area contributed by atoms with E-state index in [9.17, 15) is 8.42 Å². The van der Waals surface area contributed by atoms with Crippen LogP contribution >= 0.6 is 7.75 Å². The number of benzene rings is 6. The van der Waals surface area contributed by atoms with E-state index in [1.165, 1.54) is 55.4 Å². The zero-order valence-electron chi connectivity index (χ0n) is 51.9. The molecule has 0 aliphatic carbocycles. The Labute approximate surface area is 563 Å². The molecule has 9 heterocycles. The van der Waals surface area contributed by atoms with Gasteiger partial charge in [-0.25, -0.2) is 42.9 Å². The zero-order chi connectivity index (χ0) is 66.2. The highest BCUT2D eigenvalue weighted by Gasteiger charge is 2.42. The summed E-state index contributed by atoms with van der Waals surface area (Å²) in [6, 6.07) is 68.6. The number of nitrogens with one attached hydrogen (secondary N) is 3. The van der Waals surface area contributed by atoms with Crippen LogP contribution in [0.25, 0.3) is 100 Å². The molecule has 0 unspecified atom stereocenters. The number of thiol groups is 1. The summed E-state index contributed by atoms with van der Waals surface area (Å²) in [5.74, 6) is 1.67. The number of rotatable bonds is 22. The molecule has 6 aromatic carbocycles. The lowest BCUT2D eigenvalue weighted by Crippen LogP contribution is -2.24. The Morgan fingerprint density at radius 2 is 0.704 bits per heavy atom. The highest BCUT2D eigenvalue weighted by Crippen LogP contribution is 2.55. The number of hydrogen-bond donors (Lipinski definition) is 4. The third kappa shape index (κ3) is 13.2. The third-order valence-electron chi connectivity index (χ3n) is 15.9. The second-order valence-electron chi connectivity index (χ2n) is 22.3. The highest BCUT2D eigenvalue weighted by atomic mass is 32.2. The minimum Gasteiger partial charge on any atom is -0.398 e. The van der Waals surface area contributed by atoms with Crippen molar-refractivity contribution in [3.8, 4) is 79.0 Å². The lowest BCUT2D eigenvalue weighted by molar-refractivity contribution is 0.386. The van der Waals surface area contributed by atoms with E-state index in [0.29, 0.717) is 68.8 Å². The van der Waals surface area contributed by atoms with E-state index in [4.69, 9.17) is 39.0 Å². The Hall–Kier alpha value is -12.8. The van der Waals surface area contributed by atoms with E-state index in [-0.39, 0.29) is 40.2 Å². The fourth-order valence-corrected chi connectivity index (χ4v) is 14.0. The van der Waals surface area contributed by atoms with Crippen molar-refractivity contribution < 1.29 is 22.0 Å². The van der Waals surface area contributed by atoms with Gasteiger partial charge in [0.1, 0.15) is 17.5 Å². The Morgan fingerprint density at radius 3 is 1.05 bits per heavy atom. The van der Waals surface area contributed by atoms with E-state index in [2.05, 4.69) is 45.9 Å². The largest absolute Gasteiger partial charge is 0.558 e. The van der Waals surface area contributed by atoms with Gasteiger partial charge in [-0.3, -0.25) is 29.9 Å². The predicted molar refractivity (Wildman–Crippen MR) is 381 cm³/mol. The van der Waals surface area contributed by atoms with Crippen molar-refractivity contribution in [1.82, 2.24) is 59.8 Å². The quantitative estimate of drug-likeness (QED) is 0.0363. The molecule has 0 amide bonds. The average molecular weight is 1320 g/mol. The van der Waals surface area contributed by atoms with E-state index in [1.807, 2.05) is 200 Å². The molecule has 0 fully saturated rings. The van der Waals surface area contributed by atoms with Crippen LogP contribution in [0.3, 0.4) is 0 Å². The molecule has 0 saturated carbocycles. The molecule has 21 nitrogen and oxygen atoms in total. The average Bonchev–Trinajstić information content (AvgIpc) is 0.781. The predicted octanol–water partition coefficient (Wildman–Crippen LogP) is 15.3. The normalized spacial score (nSPS) is 11.4. The van der Waals surface area contributed by atoms with Crippen LogP contribution in [-0.4, -0.2) is 68.2 Å². The van der Waals surface area contributed by atoms with Crippen molar-refractivity contribution >= 4 is 74.5 Å². The lowest BCUT2D eigenvalue weighted by Gasteiger charge is -2.27. The summed E-state index contributed by atoms with van der Waals surface area (Å²) in [4.78, 5) is 57.7. The maximum Gasteiger partial charge on any atom is 0.558 e. The fourth-order valence-electron chi connectivity index (χ4n) is 11.5. The zero-order valence-corrected chi connectivity index (χ0v) is 53.6. The molecule has 98 heavy (non-hydrogen) atoms. The molecule has 23 heteroatoms. The van der Waals surface area contributed by atoms with Gasteiger partial charge in [0, 0.05) is 53.9 Å². The minimum absolute atomic E-state index is 0.160. The molecule has 0 aliphatic heterocycles. The number of hydrogen-bond acceptors (Lipinski definition) is 20. The van der Waals surface area contributed by atoms with Crippen molar-refractivity contribution in [2.24, 2.45) is 0 Å². The molecule has 0 bridgehead atoms. The van der Waals surface area contributed by atoms with Crippen LogP contribution in [0.4, 0.5) is 23.1 Å². The van der Waals surface area contributed by atoms with Gasteiger partial charge in [-0.2, -0.15) is 4.08 Å². The van der Waals surface area contributed by atoms with Gasteiger partial charge < -0.3 is 25.0 Å². The second kappa shape index (κ2) is 27.7. The van der Waals surface area contributed by atoms with Crippen LogP contribution in [0, 0.1) is 0 Å². The molecule has 15 aromatic rings. The van der Waals surface area contributed by atoms with Crippen LogP contribution < -0.4 is 29.1 Å². The standard InChI is InChI=1S/C75H55N16O5PS/c92-97(95-59-38-53(41-77-47-59)71-86-65-32-17-29-62(50-21-6-2-7-22-50)68(65)74(89-71)83-44-56-26-11-14-35-80-56,96-60-39-54(42-78-48-60)72-87-66-33-18-30-63(51-23-8-3-9-24-51)69(66)75(90-72)84-45-57-27-12-15-36-81-57)91(98(93)94)58-37-52(40-76-46-58)70-85-64-31-16-28-61(49-19-4-1-5-20-49)67(64)73(88-70)82-43-55-25-10-13-34-79-55/h1-42,46-48,98H,43-45H2,(H,82,85,88)(H,83,86,89)(H,84,87,90). The summed E-state index contributed by atoms with van der Waals surface area (Å²) in [5, 5.41) is 12.7. The van der Waals surface area contributed by atoms with Gasteiger partial charge in [0.05, 0.1) is 93.7 Å². The molecule has 0 atom stereocenters. The Bertz CT molecular complexity index is 5300. The first kappa shape index (κ1) is 61.4. The van der Waals surface area contributed by atoms with Gasteiger partial charge in [0.15, 0.2) is 29.0 Å². The summed E-state index contributed by atoms with van der Waals surface area (Å²) in [7, 11) is -9.29. The topological polar surface area (TPSA) is 264 Å². The summed E-state index contributed by atoms with van der Waals surface area (Å²) in [6.07, 6.45) is 13.5. The molecular formula is C75H55N16O5PS. The van der Waals surface area contributed by atoms with Crippen molar-refractivity contribution in [2.45, 2.75) is 19.6 Å². The van der Waals surface area contributed by atoms with Gasteiger partial charge >= 0.3 is 7.75 Å². The first-order chi connectivity index (χ1) is 48.2. The van der Waals surface area contributed by atoms with Crippen molar-refractivity contribution in [2.75, 3.05) is 20.0 Å². The molecule has 3 N–H and O–H groups in total. The molecule has 9 aromatic heterocycles. The summed E-state index contributed by atoms with van der Waals surface area (Å²) in [6.45, 7) is 0.955.